The van der Waals surface area contributed by atoms with E-state index in [-0.39, 0.29) is 17.8 Å². The second kappa shape index (κ2) is 5.63. The summed E-state index contributed by atoms with van der Waals surface area (Å²) < 4.78 is 0. The van der Waals surface area contributed by atoms with E-state index >= 15 is 0 Å². The molecule has 0 aromatic heterocycles. The molecule has 18 heavy (non-hydrogen) atoms. The van der Waals surface area contributed by atoms with Crippen molar-refractivity contribution in [3.8, 4) is 0 Å². The van der Waals surface area contributed by atoms with Crippen molar-refractivity contribution in [2.24, 2.45) is 5.41 Å². The van der Waals surface area contributed by atoms with Crippen molar-refractivity contribution in [3.63, 3.8) is 0 Å². The molecule has 3 heteroatoms. The first-order valence-electron chi connectivity index (χ1n) is 6.19. The van der Waals surface area contributed by atoms with Gasteiger partial charge in [0.15, 0.2) is 5.78 Å². The fraction of sp³-hybridized carbons (Fsp3) is 0.533. The topological polar surface area (TPSA) is 57.5 Å². The van der Waals surface area contributed by atoms with Crippen LogP contribution in [-0.4, -0.2) is 28.7 Å². The molecule has 1 unspecified atom stereocenters. The predicted molar refractivity (Wildman–Crippen MR) is 72.1 cm³/mol. The Morgan fingerprint density at radius 3 is 2.67 bits per heavy atom. The summed E-state index contributed by atoms with van der Waals surface area (Å²) in [6.07, 6.45) is 5.08. The smallest absolute Gasteiger partial charge is 0.187 e. The highest BCUT2D eigenvalue weighted by molar-refractivity contribution is 6.00. The van der Waals surface area contributed by atoms with Crippen LogP contribution in [0.4, 0.5) is 0 Å². The quantitative estimate of drug-likeness (QED) is 0.755. The Bertz CT molecular complexity index is 425. The Balaban J connectivity index is 3.11. The van der Waals surface area contributed by atoms with E-state index in [9.17, 15) is 9.90 Å². The number of allylic oxidation sites excluding steroid dienone is 4. The number of carbonyl (C=O) groups excluding carboxylic acids is 1. The highest BCUT2D eigenvalue weighted by atomic mass is 16.3. The summed E-state index contributed by atoms with van der Waals surface area (Å²) in [7, 11) is 0. The third kappa shape index (κ3) is 3.18. The lowest BCUT2D eigenvalue weighted by molar-refractivity contribution is -0.125. The van der Waals surface area contributed by atoms with Crippen molar-refractivity contribution in [2.75, 3.05) is 6.61 Å². The van der Waals surface area contributed by atoms with Crippen LogP contribution in [0.5, 0.6) is 0 Å². The van der Waals surface area contributed by atoms with Crippen molar-refractivity contribution < 1.29 is 15.0 Å². The van der Waals surface area contributed by atoms with E-state index < -0.39 is 6.10 Å². The summed E-state index contributed by atoms with van der Waals surface area (Å²) in [4.78, 5) is 11.8. The van der Waals surface area contributed by atoms with Gasteiger partial charge in [-0.15, -0.1) is 0 Å². The molecular weight excluding hydrogens is 228 g/mol. The number of carbonyl (C=O) groups is 1. The molecule has 3 nitrogen and oxygen atoms in total. The Hall–Kier alpha value is -1.19. The molecule has 0 amide bonds. The van der Waals surface area contributed by atoms with Gasteiger partial charge in [0.25, 0.3) is 0 Å². The van der Waals surface area contributed by atoms with E-state index in [0.29, 0.717) is 12.0 Å². The van der Waals surface area contributed by atoms with Crippen LogP contribution in [0.15, 0.2) is 34.9 Å². The van der Waals surface area contributed by atoms with Gasteiger partial charge in [0.1, 0.15) is 6.10 Å². The molecule has 1 atom stereocenters. The molecule has 0 saturated carbocycles. The average Bonchev–Trinajstić information content (AvgIpc) is 2.25. The second-order valence-corrected chi connectivity index (χ2v) is 5.47. The molecule has 0 aromatic carbocycles. The highest BCUT2D eigenvalue weighted by Crippen LogP contribution is 2.39. The maximum atomic E-state index is 11.8. The first kappa shape index (κ1) is 14.9. The summed E-state index contributed by atoms with van der Waals surface area (Å²) in [6, 6.07) is 0. The van der Waals surface area contributed by atoms with Crippen molar-refractivity contribution in [1.82, 2.24) is 0 Å². The second-order valence-electron chi connectivity index (χ2n) is 5.47. The number of hydrogen-bond acceptors (Lipinski definition) is 3. The van der Waals surface area contributed by atoms with Crippen molar-refractivity contribution >= 4 is 5.78 Å². The molecule has 0 bridgehead atoms. The lowest BCUT2D eigenvalue weighted by Crippen LogP contribution is -2.35. The summed E-state index contributed by atoms with van der Waals surface area (Å²) in [6.45, 7) is 7.72. The van der Waals surface area contributed by atoms with Crippen molar-refractivity contribution in [1.29, 1.82) is 0 Å². The molecule has 1 aliphatic carbocycles. The van der Waals surface area contributed by atoms with Crippen LogP contribution in [0.3, 0.4) is 0 Å². The van der Waals surface area contributed by atoms with Crippen LogP contribution in [0.1, 0.15) is 34.1 Å². The van der Waals surface area contributed by atoms with Gasteiger partial charge in [-0.2, -0.15) is 0 Å². The van der Waals surface area contributed by atoms with Crippen LogP contribution < -0.4 is 0 Å². The molecular formula is C15H22O3. The molecule has 2 N–H and O–H groups in total. The summed E-state index contributed by atoms with van der Waals surface area (Å²) in [5.74, 6) is -0.183. The largest absolute Gasteiger partial charge is 0.392 e. The molecule has 0 aliphatic heterocycles. The number of aliphatic hydroxyl groups is 2. The van der Waals surface area contributed by atoms with E-state index in [4.69, 9.17) is 5.11 Å². The lowest BCUT2D eigenvalue weighted by atomic mass is 9.71. The first-order valence-corrected chi connectivity index (χ1v) is 6.19. The van der Waals surface area contributed by atoms with E-state index in [2.05, 4.69) is 0 Å². The zero-order valence-corrected chi connectivity index (χ0v) is 11.5. The number of rotatable bonds is 3. The Morgan fingerprint density at radius 1 is 1.50 bits per heavy atom. The average molecular weight is 250 g/mol. The number of ketones is 1. The summed E-state index contributed by atoms with van der Waals surface area (Å²) >= 11 is 0. The van der Waals surface area contributed by atoms with Gasteiger partial charge in [0.05, 0.1) is 6.61 Å². The summed E-state index contributed by atoms with van der Waals surface area (Å²) in [5, 5.41) is 18.5. The van der Waals surface area contributed by atoms with Crippen LogP contribution >= 0.6 is 0 Å². The molecule has 0 fully saturated rings. The normalized spacial score (nSPS) is 25.1. The van der Waals surface area contributed by atoms with Crippen LogP contribution in [0.2, 0.25) is 0 Å². The maximum absolute atomic E-state index is 11.8. The van der Waals surface area contributed by atoms with E-state index in [1.54, 1.807) is 13.0 Å². The molecule has 0 spiro atoms. The minimum absolute atomic E-state index is 0.00917. The van der Waals surface area contributed by atoms with Gasteiger partial charge in [-0.1, -0.05) is 37.6 Å². The van der Waals surface area contributed by atoms with Crippen LogP contribution in [-0.2, 0) is 4.79 Å². The zero-order valence-electron chi connectivity index (χ0n) is 11.5. The van der Waals surface area contributed by atoms with Gasteiger partial charge < -0.3 is 10.2 Å². The SMILES string of the molecule is CC1=C(/C=C\C(C)=C\CO)C(C)(C)CC(O)C1=O. The van der Waals surface area contributed by atoms with Gasteiger partial charge in [-0.05, 0) is 36.8 Å². The van der Waals surface area contributed by atoms with Crippen LogP contribution in [0, 0.1) is 5.41 Å². The van der Waals surface area contributed by atoms with E-state index in [1.807, 2.05) is 32.9 Å². The minimum atomic E-state index is -0.883. The maximum Gasteiger partial charge on any atom is 0.187 e. The van der Waals surface area contributed by atoms with Crippen molar-refractivity contribution in [3.05, 3.63) is 34.9 Å². The fourth-order valence-electron chi connectivity index (χ4n) is 2.35. The lowest BCUT2D eigenvalue weighted by Gasteiger charge is -2.34. The molecule has 1 aliphatic rings. The Labute approximate surface area is 109 Å². The molecule has 0 radical (unpaired) electrons. The predicted octanol–water partition coefficient (Wildman–Crippen LogP) is 2.16. The fourth-order valence-corrected chi connectivity index (χ4v) is 2.35. The Morgan fingerprint density at radius 2 is 2.11 bits per heavy atom. The third-order valence-electron chi connectivity index (χ3n) is 3.44. The standard InChI is InChI=1S/C15H22O3/c1-10(7-8-16)5-6-12-11(2)14(18)13(17)9-15(12,3)4/h5-7,13,16-17H,8-9H2,1-4H3/b6-5-,10-7+. The summed E-state index contributed by atoms with van der Waals surface area (Å²) in [5.41, 5.74) is 2.33. The molecule has 0 aromatic rings. The van der Waals surface area contributed by atoms with Crippen LogP contribution in [0.25, 0.3) is 0 Å². The van der Waals surface area contributed by atoms with Gasteiger partial charge in [0.2, 0.25) is 0 Å². The number of hydrogen-bond donors (Lipinski definition) is 2. The number of Topliss-reactive ketones (excluding diaryl/α,β-unsaturated/α-hetero) is 1. The molecule has 1 rings (SSSR count). The highest BCUT2D eigenvalue weighted by Gasteiger charge is 2.36. The van der Waals surface area contributed by atoms with Gasteiger partial charge in [0, 0.05) is 0 Å². The first-order chi connectivity index (χ1) is 8.29. The Kier molecular flexibility index (Phi) is 4.65. The molecule has 100 valence electrons. The monoisotopic (exact) mass is 250 g/mol. The van der Waals surface area contributed by atoms with Gasteiger partial charge in [-0.3, -0.25) is 4.79 Å². The van der Waals surface area contributed by atoms with Gasteiger partial charge >= 0.3 is 0 Å². The van der Waals surface area contributed by atoms with E-state index in [0.717, 1.165) is 11.1 Å². The minimum Gasteiger partial charge on any atom is -0.392 e. The van der Waals surface area contributed by atoms with Crippen molar-refractivity contribution in [2.45, 2.75) is 40.2 Å². The molecule has 0 saturated heterocycles. The van der Waals surface area contributed by atoms with Gasteiger partial charge in [-0.25, -0.2) is 0 Å². The zero-order chi connectivity index (χ0) is 13.9. The molecule has 0 heterocycles. The van der Waals surface area contributed by atoms with E-state index in [1.165, 1.54) is 0 Å². The number of aliphatic hydroxyl groups excluding tert-OH is 2. The third-order valence-corrected chi connectivity index (χ3v) is 3.44.